The molecule has 1 aliphatic carbocycles. The predicted molar refractivity (Wildman–Crippen MR) is 158 cm³/mol. The summed E-state index contributed by atoms with van der Waals surface area (Å²) < 4.78 is 29.5. The number of methoxy groups -OCH3 is 2. The fourth-order valence-corrected chi connectivity index (χ4v) is 5.14. The number of carbonyl (C=O) groups is 3. The SMILES string of the molecule is COC(=O)C1CCC(C(=O)OC)N1C/C=C\C(=O)Nc1cc2c(Nc3ccc(F)c(Cl)c3)ncnc2cc1OCC1CC1. The van der Waals surface area contributed by atoms with Gasteiger partial charge in [-0.1, -0.05) is 17.7 Å². The first-order valence-corrected chi connectivity index (χ1v) is 14.2. The number of esters is 2. The van der Waals surface area contributed by atoms with Crippen LogP contribution in [0.25, 0.3) is 10.9 Å². The Morgan fingerprint density at radius 2 is 1.77 bits per heavy atom. The lowest BCUT2D eigenvalue weighted by Crippen LogP contribution is -2.45. The Morgan fingerprint density at radius 3 is 2.42 bits per heavy atom. The number of hydrogen-bond acceptors (Lipinski definition) is 10. The molecule has 1 saturated carbocycles. The Morgan fingerprint density at radius 1 is 1.05 bits per heavy atom. The van der Waals surface area contributed by atoms with E-state index in [-0.39, 0.29) is 11.6 Å². The molecule has 1 aliphatic heterocycles. The second-order valence-electron chi connectivity index (χ2n) is 10.3. The minimum atomic E-state index is -0.619. The minimum absolute atomic E-state index is 0.0383. The zero-order valence-electron chi connectivity index (χ0n) is 23.6. The molecule has 1 saturated heterocycles. The minimum Gasteiger partial charge on any atom is -0.491 e. The van der Waals surface area contributed by atoms with Gasteiger partial charge in [-0.25, -0.2) is 14.4 Å². The van der Waals surface area contributed by atoms with Gasteiger partial charge in [0, 0.05) is 29.8 Å². The molecule has 0 spiro atoms. The van der Waals surface area contributed by atoms with Gasteiger partial charge in [0.2, 0.25) is 5.91 Å². The normalized spacial score (nSPS) is 18.5. The van der Waals surface area contributed by atoms with Crippen LogP contribution in [0.3, 0.4) is 0 Å². The van der Waals surface area contributed by atoms with Crippen LogP contribution in [0.5, 0.6) is 5.75 Å². The highest BCUT2D eigenvalue weighted by molar-refractivity contribution is 6.31. The second-order valence-corrected chi connectivity index (χ2v) is 10.7. The number of benzene rings is 2. The van der Waals surface area contributed by atoms with Gasteiger partial charge in [0.05, 0.1) is 37.1 Å². The van der Waals surface area contributed by atoms with E-state index in [0.29, 0.717) is 59.2 Å². The Labute approximate surface area is 252 Å². The lowest BCUT2D eigenvalue weighted by molar-refractivity contribution is -0.150. The Hall–Kier alpha value is -4.29. The van der Waals surface area contributed by atoms with E-state index in [0.717, 1.165) is 12.8 Å². The summed E-state index contributed by atoms with van der Waals surface area (Å²) in [7, 11) is 2.59. The molecule has 43 heavy (non-hydrogen) atoms. The summed E-state index contributed by atoms with van der Waals surface area (Å²) >= 11 is 5.94. The molecule has 2 aromatic carbocycles. The molecule has 2 aliphatic rings. The van der Waals surface area contributed by atoms with Crippen LogP contribution in [0.15, 0.2) is 48.8 Å². The Bertz CT molecular complexity index is 1540. The number of aromatic nitrogens is 2. The van der Waals surface area contributed by atoms with Crippen molar-refractivity contribution in [2.75, 3.05) is 38.0 Å². The maximum Gasteiger partial charge on any atom is 0.323 e. The van der Waals surface area contributed by atoms with Crippen LogP contribution in [-0.4, -0.2) is 72.2 Å². The molecular formula is C30H31ClFN5O6. The van der Waals surface area contributed by atoms with Gasteiger partial charge < -0.3 is 24.8 Å². The molecule has 2 fully saturated rings. The van der Waals surface area contributed by atoms with E-state index in [1.807, 2.05) is 0 Å². The molecule has 5 rings (SSSR count). The summed E-state index contributed by atoms with van der Waals surface area (Å²) in [5.41, 5.74) is 1.49. The van der Waals surface area contributed by atoms with E-state index < -0.39 is 35.7 Å². The molecule has 11 nitrogen and oxygen atoms in total. The predicted octanol–water partition coefficient (Wildman–Crippen LogP) is 4.63. The highest BCUT2D eigenvalue weighted by atomic mass is 35.5. The zero-order valence-corrected chi connectivity index (χ0v) is 24.4. The molecule has 0 bridgehead atoms. The van der Waals surface area contributed by atoms with Gasteiger partial charge >= 0.3 is 11.9 Å². The van der Waals surface area contributed by atoms with Crippen LogP contribution in [0.4, 0.5) is 21.6 Å². The van der Waals surface area contributed by atoms with Crippen molar-refractivity contribution in [1.82, 2.24) is 14.9 Å². The standard InChI is InChI=1S/C30H31ClFN5O6/c1-41-29(39)24-9-10-25(30(40)42-2)37(24)11-3-4-27(38)36-23-13-19-22(14-26(23)43-15-17-5-6-17)33-16-34-28(19)35-18-7-8-21(32)20(31)12-18/h3-4,7-8,12-14,16-17,24-25H,5-6,9-11,15H2,1-2H3,(H,36,38)(H,33,34,35)/b4-3-. The molecule has 1 aromatic heterocycles. The third-order valence-electron chi connectivity index (χ3n) is 7.39. The molecule has 2 heterocycles. The van der Waals surface area contributed by atoms with Gasteiger partial charge in [-0.15, -0.1) is 0 Å². The third-order valence-corrected chi connectivity index (χ3v) is 7.68. The number of likely N-dealkylation sites (tertiary alicyclic amines) is 1. The smallest absolute Gasteiger partial charge is 0.323 e. The number of anilines is 3. The van der Waals surface area contributed by atoms with Gasteiger partial charge in [-0.2, -0.15) is 0 Å². The molecule has 3 aromatic rings. The van der Waals surface area contributed by atoms with Gasteiger partial charge in [-0.3, -0.25) is 19.3 Å². The van der Waals surface area contributed by atoms with Crippen molar-refractivity contribution in [3.05, 3.63) is 59.7 Å². The van der Waals surface area contributed by atoms with Crippen LogP contribution in [0, 0.1) is 11.7 Å². The highest BCUT2D eigenvalue weighted by Gasteiger charge is 2.42. The average Bonchev–Trinajstić information content (AvgIpc) is 3.74. The fourth-order valence-electron chi connectivity index (χ4n) is 4.96. The fraction of sp³-hybridized carbons (Fsp3) is 0.367. The van der Waals surface area contributed by atoms with E-state index in [1.165, 1.54) is 44.8 Å². The van der Waals surface area contributed by atoms with Crippen molar-refractivity contribution in [3.63, 3.8) is 0 Å². The molecule has 2 unspecified atom stereocenters. The van der Waals surface area contributed by atoms with Crippen LogP contribution < -0.4 is 15.4 Å². The zero-order chi connectivity index (χ0) is 30.5. The number of ether oxygens (including phenoxy) is 3. The van der Waals surface area contributed by atoms with Crippen molar-refractivity contribution >= 4 is 57.5 Å². The molecule has 0 radical (unpaired) electrons. The van der Waals surface area contributed by atoms with Crippen LogP contribution in [-0.2, 0) is 23.9 Å². The maximum absolute atomic E-state index is 13.7. The van der Waals surface area contributed by atoms with Gasteiger partial charge in [0.1, 0.15) is 35.8 Å². The molecule has 2 N–H and O–H groups in total. The summed E-state index contributed by atoms with van der Waals surface area (Å²) in [5, 5.41) is 6.53. The van der Waals surface area contributed by atoms with E-state index in [9.17, 15) is 18.8 Å². The first-order chi connectivity index (χ1) is 20.8. The van der Waals surface area contributed by atoms with Crippen LogP contribution in [0.1, 0.15) is 25.7 Å². The molecule has 13 heteroatoms. The van der Waals surface area contributed by atoms with Gasteiger partial charge in [0.25, 0.3) is 0 Å². The van der Waals surface area contributed by atoms with Crippen molar-refractivity contribution in [3.8, 4) is 5.75 Å². The van der Waals surface area contributed by atoms with E-state index in [4.69, 9.17) is 25.8 Å². The van der Waals surface area contributed by atoms with Crippen molar-refractivity contribution < 1.29 is 33.0 Å². The first-order valence-electron chi connectivity index (χ1n) is 13.8. The van der Waals surface area contributed by atoms with Crippen molar-refractivity contribution in [2.45, 2.75) is 37.8 Å². The van der Waals surface area contributed by atoms with Crippen LogP contribution >= 0.6 is 11.6 Å². The number of nitrogens with zero attached hydrogens (tertiary/aromatic N) is 3. The largest absolute Gasteiger partial charge is 0.491 e. The third kappa shape index (κ3) is 7.20. The molecule has 2 atom stereocenters. The number of amides is 1. The maximum atomic E-state index is 13.7. The topological polar surface area (TPSA) is 132 Å². The van der Waals surface area contributed by atoms with E-state index in [2.05, 4.69) is 20.6 Å². The number of hydrogen-bond donors (Lipinski definition) is 2. The van der Waals surface area contributed by atoms with E-state index in [1.54, 1.807) is 23.1 Å². The summed E-state index contributed by atoms with van der Waals surface area (Å²) in [6.45, 7) is 0.658. The monoisotopic (exact) mass is 611 g/mol. The van der Waals surface area contributed by atoms with Gasteiger partial charge in [-0.05, 0) is 55.9 Å². The molecule has 1 amide bonds. The molecular weight excluding hydrogens is 581 g/mol. The lowest BCUT2D eigenvalue weighted by atomic mass is 10.1. The summed E-state index contributed by atoms with van der Waals surface area (Å²) in [6, 6.07) is 6.43. The average molecular weight is 612 g/mol. The lowest BCUT2D eigenvalue weighted by Gasteiger charge is -2.25. The Balaban J connectivity index is 1.37. The molecule has 226 valence electrons. The Kier molecular flexibility index (Phi) is 9.37. The summed E-state index contributed by atoms with van der Waals surface area (Å²) in [4.78, 5) is 48.0. The number of rotatable bonds is 11. The quantitative estimate of drug-likeness (QED) is 0.234. The summed E-state index contributed by atoms with van der Waals surface area (Å²) in [5.74, 6) is -0.552. The summed E-state index contributed by atoms with van der Waals surface area (Å²) in [6.07, 6.45) is 7.35. The number of nitrogens with one attached hydrogen (secondary N) is 2. The van der Waals surface area contributed by atoms with Gasteiger partial charge in [0.15, 0.2) is 0 Å². The van der Waals surface area contributed by atoms with Crippen LogP contribution in [0.2, 0.25) is 5.02 Å². The van der Waals surface area contributed by atoms with E-state index >= 15 is 0 Å². The number of fused-ring (bicyclic) bond motifs is 1. The number of carbonyl (C=O) groups excluding carboxylic acids is 3. The first kappa shape index (κ1) is 30.2. The second kappa shape index (κ2) is 13.3. The van der Waals surface area contributed by atoms with Crippen molar-refractivity contribution in [1.29, 1.82) is 0 Å². The van der Waals surface area contributed by atoms with Crippen molar-refractivity contribution in [2.24, 2.45) is 5.92 Å². The highest BCUT2D eigenvalue weighted by Crippen LogP contribution is 2.36. The number of halogens is 2.